The van der Waals surface area contributed by atoms with E-state index in [1.165, 1.54) is 26.2 Å². The van der Waals surface area contributed by atoms with E-state index in [1.807, 2.05) is 0 Å². The van der Waals surface area contributed by atoms with Gasteiger partial charge in [-0.15, -0.1) is 0 Å². The van der Waals surface area contributed by atoms with Crippen LogP contribution in [-0.4, -0.2) is 62.0 Å². The fraction of sp³-hybridized carbons (Fsp3) is 1.00. The summed E-state index contributed by atoms with van der Waals surface area (Å²) in [5.74, 6) is 0. The van der Waals surface area contributed by atoms with Gasteiger partial charge in [0.15, 0.2) is 0 Å². The van der Waals surface area contributed by atoms with Gasteiger partial charge in [-0.25, -0.2) is 0 Å². The fourth-order valence-electron chi connectivity index (χ4n) is 2.18. The zero-order valence-corrected chi connectivity index (χ0v) is 11.1. The quantitative estimate of drug-likeness (QED) is 0.513. The zero-order valence-electron chi connectivity index (χ0n) is 11.1. The highest BCUT2D eigenvalue weighted by molar-refractivity contribution is 4.40. The Hall–Kier alpha value is -0.120. The van der Waals surface area contributed by atoms with E-state index in [9.17, 15) is 0 Å². The van der Waals surface area contributed by atoms with Crippen molar-refractivity contribution in [1.82, 2.24) is 0 Å². The second kappa shape index (κ2) is 8.08. The molecule has 0 heterocycles. The molecule has 3 heteroatoms. The first kappa shape index (κ1) is 14.9. The van der Waals surface area contributed by atoms with Crippen LogP contribution in [0.2, 0.25) is 0 Å². The van der Waals surface area contributed by atoms with Gasteiger partial charge in [-0.1, -0.05) is 0 Å². The van der Waals surface area contributed by atoms with E-state index >= 15 is 0 Å². The molecule has 0 aromatic rings. The minimum atomic E-state index is 0.315. The first-order chi connectivity index (χ1) is 7.17. The van der Waals surface area contributed by atoms with Crippen LogP contribution in [0.5, 0.6) is 0 Å². The molecule has 0 saturated carbocycles. The molecule has 0 atom stereocenters. The molecule has 0 aliphatic heterocycles. The van der Waals surface area contributed by atoms with Crippen molar-refractivity contribution in [3.63, 3.8) is 0 Å². The number of aliphatic hydroxyl groups excluding tert-OH is 1. The molecule has 0 aromatic heterocycles. The van der Waals surface area contributed by atoms with Crippen LogP contribution in [0.4, 0.5) is 0 Å². The van der Waals surface area contributed by atoms with E-state index < -0.39 is 0 Å². The van der Waals surface area contributed by atoms with Crippen LogP contribution in [0.15, 0.2) is 0 Å². The van der Waals surface area contributed by atoms with E-state index in [4.69, 9.17) is 5.11 Å². The van der Waals surface area contributed by atoms with Crippen LogP contribution >= 0.6 is 0 Å². The van der Waals surface area contributed by atoms with Gasteiger partial charge in [0.25, 0.3) is 0 Å². The third-order valence-electron chi connectivity index (χ3n) is 3.86. The SMILES string of the molecule is CC[NH+](CC)CC[N+](CC)(CC)CCO. The van der Waals surface area contributed by atoms with Gasteiger partial charge in [0.1, 0.15) is 19.6 Å². The molecule has 92 valence electrons. The maximum Gasteiger partial charge on any atom is 0.128 e. The predicted molar refractivity (Wildman–Crippen MR) is 65.1 cm³/mol. The summed E-state index contributed by atoms with van der Waals surface area (Å²) in [7, 11) is 0. The van der Waals surface area contributed by atoms with Crippen LogP contribution in [0.25, 0.3) is 0 Å². The van der Waals surface area contributed by atoms with Gasteiger partial charge in [0, 0.05) is 0 Å². The van der Waals surface area contributed by atoms with Crippen LogP contribution < -0.4 is 4.90 Å². The summed E-state index contributed by atoms with van der Waals surface area (Å²) in [4.78, 5) is 1.66. The summed E-state index contributed by atoms with van der Waals surface area (Å²) in [6.07, 6.45) is 0. The van der Waals surface area contributed by atoms with E-state index in [1.54, 1.807) is 4.90 Å². The normalized spacial score (nSPS) is 12.4. The number of nitrogens with zero attached hydrogens (tertiary/aromatic N) is 1. The molecule has 0 unspecified atom stereocenters. The summed E-state index contributed by atoms with van der Waals surface area (Å²) < 4.78 is 1.07. The van der Waals surface area contributed by atoms with Crippen molar-refractivity contribution in [3.05, 3.63) is 0 Å². The fourth-order valence-corrected chi connectivity index (χ4v) is 2.18. The first-order valence-corrected chi connectivity index (χ1v) is 6.47. The summed E-state index contributed by atoms with van der Waals surface area (Å²) in [6.45, 7) is 17.3. The molecule has 0 rings (SSSR count). The lowest BCUT2D eigenvalue weighted by Crippen LogP contribution is -3.12. The number of quaternary nitrogens is 2. The Morgan fingerprint density at radius 3 is 1.80 bits per heavy atom. The maximum absolute atomic E-state index is 9.12. The van der Waals surface area contributed by atoms with Crippen LogP contribution in [0.3, 0.4) is 0 Å². The van der Waals surface area contributed by atoms with Crippen molar-refractivity contribution in [2.75, 3.05) is 52.4 Å². The highest BCUT2D eigenvalue weighted by Gasteiger charge is 2.23. The van der Waals surface area contributed by atoms with Crippen molar-refractivity contribution >= 4 is 0 Å². The number of rotatable bonds is 9. The van der Waals surface area contributed by atoms with Crippen molar-refractivity contribution in [2.24, 2.45) is 0 Å². The molecule has 0 fully saturated rings. The predicted octanol–water partition coefficient (Wildman–Crippen LogP) is -0.240. The van der Waals surface area contributed by atoms with E-state index in [2.05, 4.69) is 27.7 Å². The Balaban J connectivity index is 4.15. The number of nitrogens with one attached hydrogen (secondary N) is 1. The van der Waals surface area contributed by atoms with Gasteiger partial charge in [0.2, 0.25) is 0 Å². The molecule has 0 radical (unpaired) electrons. The van der Waals surface area contributed by atoms with Gasteiger partial charge in [-0.2, -0.15) is 0 Å². The Bertz CT molecular complexity index is 143. The highest BCUT2D eigenvalue weighted by Crippen LogP contribution is 2.03. The van der Waals surface area contributed by atoms with Gasteiger partial charge < -0.3 is 14.5 Å². The van der Waals surface area contributed by atoms with Crippen molar-refractivity contribution in [3.8, 4) is 0 Å². The third-order valence-corrected chi connectivity index (χ3v) is 3.86. The Morgan fingerprint density at radius 1 is 0.933 bits per heavy atom. The van der Waals surface area contributed by atoms with Gasteiger partial charge in [-0.05, 0) is 27.7 Å². The minimum Gasteiger partial charge on any atom is -0.391 e. The lowest BCUT2D eigenvalue weighted by molar-refractivity contribution is -0.968. The number of aliphatic hydroxyl groups is 1. The molecule has 0 spiro atoms. The molecular weight excluding hydrogens is 188 g/mol. The molecule has 2 N–H and O–H groups in total. The Labute approximate surface area is 95.3 Å². The van der Waals surface area contributed by atoms with Gasteiger partial charge in [-0.3, -0.25) is 0 Å². The zero-order chi connectivity index (χ0) is 11.7. The molecule has 3 nitrogen and oxygen atoms in total. The summed E-state index contributed by atoms with van der Waals surface area (Å²) >= 11 is 0. The van der Waals surface area contributed by atoms with Gasteiger partial charge in [0.05, 0.1) is 32.8 Å². The maximum atomic E-state index is 9.12. The Morgan fingerprint density at radius 2 is 1.47 bits per heavy atom. The highest BCUT2D eigenvalue weighted by atomic mass is 16.3. The first-order valence-electron chi connectivity index (χ1n) is 6.47. The number of hydrogen-bond donors (Lipinski definition) is 2. The van der Waals surface area contributed by atoms with Crippen LogP contribution in [0, 0.1) is 0 Å². The third kappa shape index (κ3) is 4.96. The molecule has 15 heavy (non-hydrogen) atoms. The second-order valence-corrected chi connectivity index (χ2v) is 4.35. The van der Waals surface area contributed by atoms with E-state index in [0.29, 0.717) is 6.61 Å². The topological polar surface area (TPSA) is 24.7 Å². The molecule has 0 aromatic carbocycles. The average molecular weight is 218 g/mol. The monoisotopic (exact) mass is 218 g/mol. The average Bonchev–Trinajstić information content (AvgIpc) is 2.29. The second-order valence-electron chi connectivity index (χ2n) is 4.35. The minimum absolute atomic E-state index is 0.315. The number of likely N-dealkylation sites (N-methyl/N-ethyl adjacent to an activating group) is 2. The van der Waals surface area contributed by atoms with Crippen LogP contribution in [-0.2, 0) is 0 Å². The largest absolute Gasteiger partial charge is 0.391 e. The molecule has 0 aliphatic rings. The molecular formula is C12H30N2O+2. The van der Waals surface area contributed by atoms with Crippen molar-refractivity contribution < 1.29 is 14.5 Å². The van der Waals surface area contributed by atoms with E-state index in [-0.39, 0.29) is 0 Å². The molecule has 0 amide bonds. The summed E-state index contributed by atoms with van der Waals surface area (Å²) in [6, 6.07) is 0. The smallest absolute Gasteiger partial charge is 0.128 e. The van der Waals surface area contributed by atoms with Crippen molar-refractivity contribution in [2.45, 2.75) is 27.7 Å². The van der Waals surface area contributed by atoms with Crippen LogP contribution in [0.1, 0.15) is 27.7 Å². The molecule has 0 bridgehead atoms. The number of hydrogen-bond acceptors (Lipinski definition) is 1. The lowest BCUT2D eigenvalue weighted by Gasteiger charge is -2.36. The van der Waals surface area contributed by atoms with Crippen molar-refractivity contribution in [1.29, 1.82) is 0 Å². The molecule has 0 saturated heterocycles. The van der Waals surface area contributed by atoms with Gasteiger partial charge >= 0.3 is 0 Å². The summed E-state index contributed by atoms with van der Waals surface area (Å²) in [5, 5.41) is 9.12. The lowest BCUT2D eigenvalue weighted by atomic mass is 10.3. The Kier molecular flexibility index (Phi) is 8.02. The molecule has 0 aliphatic carbocycles. The van der Waals surface area contributed by atoms with E-state index in [0.717, 1.165) is 24.1 Å². The standard InChI is InChI=1S/C12H29N2O/c1-5-13(6-2)9-10-14(7-3,8-4)11-12-15/h15H,5-12H2,1-4H3/q+1/p+1. The summed E-state index contributed by atoms with van der Waals surface area (Å²) in [5.41, 5.74) is 0.